The molecule has 0 bridgehead atoms. The number of anilines is 1. The van der Waals surface area contributed by atoms with E-state index in [9.17, 15) is 8.78 Å². The molecule has 4 heterocycles. The predicted octanol–water partition coefficient (Wildman–Crippen LogP) is 3.10. The van der Waals surface area contributed by atoms with Crippen molar-refractivity contribution in [2.75, 3.05) is 25.0 Å². The number of hydrogen-bond acceptors (Lipinski definition) is 6. The number of likely N-dealkylation sites (tertiary alicyclic amines) is 1. The zero-order valence-corrected chi connectivity index (χ0v) is 15.8. The van der Waals surface area contributed by atoms with E-state index in [0.717, 1.165) is 33.9 Å². The number of aromatic amines is 1. The Kier molecular flexibility index (Phi) is 4.56. The molecular weight excluding hydrogens is 380 g/mol. The highest BCUT2D eigenvalue weighted by Crippen LogP contribution is 2.38. The van der Waals surface area contributed by atoms with Gasteiger partial charge >= 0.3 is 6.61 Å². The van der Waals surface area contributed by atoms with E-state index in [2.05, 4.69) is 29.9 Å². The van der Waals surface area contributed by atoms with Crippen LogP contribution in [-0.4, -0.2) is 58.3 Å². The Morgan fingerprint density at radius 3 is 2.93 bits per heavy atom. The van der Waals surface area contributed by atoms with Crippen molar-refractivity contribution in [3.05, 3.63) is 47.9 Å². The lowest BCUT2D eigenvalue weighted by Crippen LogP contribution is -2.61. The molecule has 1 saturated heterocycles. The highest BCUT2D eigenvalue weighted by atomic mass is 19.3. The second kappa shape index (κ2) is 7.23. The fourth-order valence-corrected chi connectivity index (χ4v) is 4.14. The molecule has 2 aromatic heterocycles. The summed E-state index contributed by atoms with van der Waals surface area (Å²) in [7, 11) is 0. The van der Waals surface area contributed by atoms with Crippen LogP contribution in [0.1, 0.15) is 17.3 Å². The summed E-state index contributed by atoms with van der Waals surface area (Å²) in [5.41, 5.74) is 2.79. The number of aryl methyl sites for hydroxylation is 1. The monoisotopic (exact) mass is 401 g/mol. The molecule has 152 valence electrons. The van der Waals surface area contributed by atoms with Crippen molar-refractivity contribution in [2.45, 2.75) is 31.7 Å². The van der Waals surface area contributed by atoms with Gasteiger partial charge in [-0.15, -0.1) is 0 Å². The van der Waals surface area contributed by atoms with Gasteiger partial charge in [0.15, 0.2) is 0 Å². The molecule has 2 aliphatic rings. The maximum Gasteiger partial charge on any atom is 0.345 e. The SMILES string of the molecule is Cc1cc2c(NC3c4ccccc4OCC3N3CC(OC(F)F)C3)ncnc2[nH]1. The molecule has 7 nitrogen and oxygen atoms in total. The molecule has 0 radical (unpaired) electrons. The molecular formula is C20H21F2N5O2. The Morgan fingerprint density at radius 1 is 1.28 bits per heavy atom. The third kappa shape index (κ3) is 3.40. The van der Waals surface area contributed by atoms with Crippen LogP contribution < -0.4 is 10.1 Å². The summed E-state index contributed by atoms with van der Waals surface area (Å²) in [5, 5.41) is 4.48. The molecule has 0 aliphatic carbocycles. The molecule has 2 N–H and O–H groups in total. The summed E-state index contributed by atoms with van der Waals surface area (Å²) in [6, 6.07) is 9.72. The number of nitrogens with zero attached hydrogens (tertiary/aromatic N) is 3. The van der Waals surface area contributed by atoms with Crippen LogP contribution in [0.3, 0.4) is 0 Å². The zero-order chi connectivity index (χ0) is 20.0. The molecule has 29 heavy (non-hydrogen) atoms. The predicted molar refractivity (Wildman–Crippen MR) is 103 cm³/mol. The van der Waals surface area contributed by atoms with Gasteiger partial charge in [0.2, 0.25) is 0 Å². The number of alkyl halides is 2. The van der Waals surface area contributed by atoms with Gasteiger partial charge in [0.05, 0.1) is 23.6 Å². The minimum Gasteiger partial charge on any atom is -0.491 e. The van der Waals surface area contributed by atoms with Crippen LogP contribution in [0.4, 0.5) is 14.6 Å². The summed E-state index contributed by atoms with van der Waals surface area (Å²) in [4.78, 5) is 14.1. The van der Waals surface area contributed by atoms with E-state index in [-0.39, 0.29) is 12.1 Å². The molecule has 2 unspecified atom stereocenters. The van der Waals surface area contributed by atoms with Crippen molar-refractivity contribution >= 4 is 16.9 Å². The first kappa shape index (κ1) is 18.3. The smallest absolute Gasteiger partial charge is 0.345 e. The topological polar surface area (TPSA) is 75.3 Å². The van der Waals surface area contributed by atoms with Gasteiger partial charge in [0.1, 0.15) is 30.1 Å². The van der Waals surface area contributed by atoms with Crippen molar-refractivity contribution in [3.8, 4) is 5.75 Å². The summed E-state index contributed by atoms with van der Waals surface area (Å²) >= 11 is 0. The minimum absolute atomic E-state index is 0.0347. The number of ether oxygens (including phenoxy) is 2. The van der Waals surface area contributed by atoms with Gasteiger partial charge in [0, 0.05) is 24.3 Å². The van der Waals surface area contributed by atoms with E-state index in [1.54, 1.807) is 0 Å². The molecule has 5 rings (SSSR count). The van der Waals surface area contributed by atoms with Crippen LogP contribution in [0.15, 0.2) is 36.7 Å². The maximum absolute atomic E-state index is 12.5. The Hall–Kier alpha value is -2.78. The van der Waals surface area contributed by atoms with E-state index in [1.807, 2.05) is 37.3 Å². The molecule has 0 amide bonds. The van der Waals surface area contributed by atoms with Crippen molar-refractivity contribution < 1.29 is 18.3 Å². The first-order valence-corrected chi connectivity index (χ1v) is 9.55. The first-order valence-electron chi connectivity index (χ1n) is 9.55. The molecule has 0 spiro atoms. The number of aromatic nitrogens is 3. The Balaban J connectivity index is 1.45. The van der Waals surface area contributed by atoms with Gasteiger partial charge in [-0.25, -0.2) is 9.97 Å². The lowest BCUT2D eigenvalue weighted by molar-refractivity contribution is -0.203. The van der Waals surface area contributed by atoms with Crippen LogP contribution in [0.2, 0.25) is 0 Å². The van der Waals surface area contributed by atoms with Gasteiger partial charge < -0.3 is 19.8 Å². The summed E-state index contributed by atoms with van der Waals surface area (Å²) in [5.74, 6) is 1.55. The third-order valence-electron chi connectivity index (χ3n) is 5.54. The molecule has 9 heteroatoms. The number of H-pyrrole nitrogens is 1. The van der Waals surface area contributed by atoms with E-state index in [0.29, 0.717) is 19.7 Å². The molecule has 1 aromatic carbocycles. The van der Waals surface area contributed by atoms with E-state index in [4.69, 9.17) is 4.74 Å². The summed E-state index contributed by atoms with van der Waals surface area (Å²) in [6.45, 7) is 0.575. The summed E-state index contributed by atoms with van der Waals surface area (Å²) in [6.07, 6.45) is 1.07. The third-order valence-corrected chi connectivity index (χ3v) is 5.54. The van der Waals surface area contributed by atoms with Crippen LogP contribution >= 0.6 is 0 Å². The fraction of sp³-hybridized carbons (Fsp3) is 0.400. The van der Waals surface area contributed by atoms with Gasteiger partial charge in [0.25, 0.3) is 0 Å². The summed E-state index contributed by atoms with van der Waals surface area (Å²) < 4.78 is 35.6. The fourth-order valence-electron chi connectivity index (χ4n) is 4.14. The van der Waals surface area contributed by atoms with Gasteiger partial charge in [-0.3, -0.25) is 4.90 Å². The Labute approximate surface area is 166 Å². The number of para-hydroxylation sites is 1. The zero-order valence-electron chi connectivity index (χ0n) is 15.8. The van der Waals surface area contributed by atoms with E-state index in [1.165, 1.54) is 6.33 Å². The standard InChI is InChI=1S/C20H21F2N5O2/c1-11-6-14-18(25-11)23-10-24-19(14)26-17-13-4-2-3-5-16(13)28-9-15(17)27-7-12(8-27)29-20(21)22/h2-6,10,12,15,17,20H,7-9H2,1H3,(H2,23,24,25,26). The molecule has 3 aromatic rings. The number of benzene rings is 1. The lowest BCUT2D eigenvalue weighted by atomic mass is 9.92. The molecule has 2 aliphatic heterocycles. The highest BCUT2D eigenvalue weighted by molar-refractivity contribution is 5.87. The maximum atomic E-state index is 12.5. The molecule has 2 atom stereocenters. The largest absolute Gasteiger partial charge is 0.491 e. The Morgan fingerprint density at radius 2 is 2.10 bits per heavy atom. The molecule has 1 fully saturated rings. The second-order valence-electron chi connectivity index (χ2n) is 7.45. The van der Waals surface area contributed by atoms with Gasteiger partial charge in [-0.1, -0.05) is 18.2 Å². The average Bonchev–Trinajstić information content (AvgIpc) is 3.06. The van der Waals surface area contributed by atoms with Crippen molar-refractivity contribution in [1.29, 1.82) is 0 Å². The average molecular weight is 401 g/mol. The van der Waals surface area contributed by atoms with Gasteiger partial charge in [-0.05, 0) is 19.1 Å². The number of nitrogens with one attached hydrogen (secondary N) is 2. The second-order valence-corrected chi connectivity index (χ2v) is 7.45. The van der Waals surface area contributed by atoms with Crippen molar-refractivity contribution in [3.63, 3.8) is 0 Å². The lowest BCUT2D eigenvalue weighted by Gasteiger charge is -2.48. The number of halogens is 2. The van der Waals surface area contributed by atoms with Crippen molar-refractivity contribution in [2.24, 2.45) is 0 Å². The van der Waals surface area contributed by atoms with Crippen LogP contribution in [0.5, 0.6) is 5.75 Å². The number of fused-ring (bicyclic) bond motifs is 2. The number of hydrogen-bond donors (Lipinski definition) is 2. The van der Waals surface area contributed by atoms with Crippen LogP contribution in [0, 0.1) is 6.92 Å². The molecule has 0 saturated carbocycles. The number of rotatable bonds is 5. The van der Waals surface area contributed by atoms with E-state index < -0.39 is 12.7 Å². The quantitative estimate of drug-likeness (QED) is 0.684. The highest BCUT2D eigenvalue weighted by Gasteiger charge is 2.42. The van der Waals surface area contributed by atoms with E-state index >= 15 is 0 Å². The van der Waals surface area contributed by atoms with Crippen LogP contribution in [0.25, 0.3) is 11.0 Å². The Bertz CT molecular complexity index is 1020. The normalized spacial score (nSPS) is 22.3. The minimum atomic E-state index is -2.74. The van der Waals surface area contributed by atoms with Crippen molar-refractivity contribution in [1.82, 2.24) is 19.9 Å². The van der Waals surface area contributed by atoms with Gasteiger partial charge in [-0.2, -0.15) is 8.78 Å². The first-order chi connectivity index (χ1) is 14.1. The van der Waals surface area contributed by atoms with Crippen LogP contribution in [-0.2, 0) is 4.74 Å².